The molecule has 0 radical (unpaired) electrons. The standard InChI is InChI=1S/C27H34N4O2/c1-18-13-25(19(2)30(18)16-20-7-5-10-24(14-20)33-4)27(32)31(22-8-6-9-22)23-11-12-26-21(15-23)17-29(3)28-26/h5,7,10,13-14,17,22-23H,6,8-9,11-12,15-16H2,1-4H3. The van der Waals surface area contributed by atoms with Gasteiger partial charge in [-0.2, -0.15) is 5.10 Å². The summed E-state index contributed by atoms with van der Waals surface area (Å²) in [7, 11) is 3.68. The number of aromatic nitrogens is 3. The number of ether oxygens (including phenoxy) is 1. The Morgan fingerprint density at radius 3 is 2.73 bits per heavy atom. The van der Waals surface area contributed by atoms with Crippen molar-refractivity contribution in [3.05, 3.63) is 70.3 Å². The highest BCUT2D eigenvalue weighted by Crippen LogP contribution is 2.34. The molecule has 2 heterocycles. The zero-order chi connectivity index (χ0) is 23.1. The van der Waals surface area contributed by atoms with Gasteiger partial charge in [0.2, 0.25) is 0 Å². The van der Waals surface area contributed by atoms with Crippen LogP contribution in [0.25, 0.3) is 0 Å². The number of rotatable bonds is 6. The minimum atomic E-state index is 0.196. The van der Waals surface area contributed by atoms with Gasteiger partial charge in [0, 0.05) is 43.3 Å². The van der Waals surface area contributed by atoms with E-state index in [0.717, 1.165) is 61.3 Å². The Hall–Kier alpha value is -3.02. The number of amides is 1. The molecular formula is C27H34N4O2. The van der Waals surface area contributed by atoms with E-state index in [1.54, 1.807) is 7.11 Å². The van der Waals surface area contributed by atoms with Crippen LogP contribution in [0.4, 0.5) is 0 Å². The number of methoxy groups -OCH3 is 1. The molecule has 0 bridgehead atoms. The predicted molar refractivity (Wildman–Crippen MR) is 129 cm³/mol. The number of carbonyl (C=O) groups excluding carboxylic acids is 1. The van der Waals surface area contributed by atoms with Crippen LogP contribution < -0.4 is 4.74 Å². The third-order valence-corrected chi connectivity index (χ3v) is 7.54. The summed E-state index contributed by atoms with van der Waals surface area (Å²) < 4.78 is 9.55. The van der Waals surface area contributed by atoms with Gasteiger partial charge >= 0.3 is 0 Å². The first-order valence-electron chi connectivity index (χ1n) is 12.1. The first kappa shape index (κ1) is 21.8. The summed E-state index contributed by atoms with van der Waals surface area (Å²) in [5, 5.41) is 4.61. The number of hydrogen-bond acceptors (Lipinski definition) is 3. The molecular weight excluding hydrogens is 412 g/mol. The Bertz CT molecular complexity index is 1170. The van der Waals surface area contributed by atoms with Gasteiger partial charge in [-0.25, -0.2) is 0 Å². The molecule has 1 amide bonds. The predicted octanol–water partition coefficient (Wildman–Crippen LogP) is 4.45. The van der Waals surface area contributed by atoms with Gasteiger partial charge in [-0.15, -0.1) is 0 Å². The Balaban J connectivity index is 1.42. The highest BCUT2D eigenvalue weighted by molar-refractivity contribution is 5.96. The summed E-state index contributed by atoms with van der Waals surface area (Å²) in [6, 6.07) is 10.8. The largest absolute Gasteiger partial charge is 0.497 e. The molecule has 2 aliphatic carbocycles. The molecule has 0 N–H and O–H groups in total. The van der Waals surface area contributed by atoms with Crippen molar-refractivity contribution in [3.8, 4) is 5.75 Å². The van der Waals surface area contributed by atoms with Crippen LogP contribution in [0.1, 0.15) is 64.2 Å². The molecule has 2 aromatic heterocycles. The maximum Gasteiger partial charge on any atom is 0.256 e. The van der Waals surface area contributed by atoms with Crippen LogP contribution in [0.5, 0.6) is 5.75 Å². The van der Waals surface area contributed by atoms with Crippen LogP contribution >= 0.6 is 0 Å². The first-order valence-corrected chi connectivity index (χ1v) is 12.1. The Kier molecular flexibility index (Phi) is 5.77. The molecule has 0 aliphatic heterocycles. The zero-order valence-corrected chi connectivity index (χ0v) is 20.2. The van der Waals surface area contributed by atoms with Crippen molar-refractivity contribution >= 4 is 5.91 Å². The van der Waals surface area contributed by atoms with E-state index in [-0.39, 0.29) is 11.9 Å². The zero-order valence-electron chi connectivity index (χ0n) is 20.2. The van der Waals surface area contributed by atoms with Gasteiger partial charge in [0.05, 0.1) is 18.4 Å². The molecule has 3 aromatic rings. The SMILES string of the molecule is COc1cccc(Cn2c(C)cc(C(=O)N(C3CCC3)C3CCc4nn(C)cc4C3)c2C)c1. The summed E-state index contributed by atoms with van der Waals surface area (Å²) >= 11 is 0. The van der Waals surface area contributed by atoms with Crippen LogP contribution in [0.3, 0.4) is 0 Å². The van der Waals surface area contributed by atoms with Crippen LogP contribution in [-0.2, 0) is 26.4 Å². The van der Waals surface area contributed by atoms with Crippen molar-refractivity contribution in [1.82, 2.24) is 19.2 Å². The van der Waals surface area contributed by atoms with Gasteiger partial charge in [0.1, 0.15) is 5.75 Å². The highest BCUT2D eigenvalue weighted by atomic mass is 16.5. The third-order valence-electron chi connectivity index (χ3n) is 7.54. The number of benzene rings is 1. The second-order valence-electron chi connectivity index (χ2n) is 9.69. The van der Waals surface area contributed by atoms with E-state index in [1.807, 2.05) is 23.9 Å². The minimum Gasteiger partial charge on any atom is -0.497 e. The quantitative estimate of drug-likeness (QED) is 0.562. The highest BCUT2D eigenvalue weighted by Gasteiger charge is 2.37. The Morgan fingerprint density at radius 2 is 2.00 bits per heavy atom. The van der Waals surface area contributed by atoms with E-state index in [1.165, 1.54) is 23.2 Å². The van der Waals surface area contributed by atoms with Gasteiger partial charge in [-0.05, 0) is 81.7 Å². The van der Waals surface area contributed by atoms with Crippen LogP contribution in [0.2, 0.25) is 0 Å². The van der Waals surface area contributed by atoms with Crippen molar-refractivity contribution < 1.29 is 9.53 Å². The molecule has 6 nitrogen and oxygen atoms in total. The normalized spacial score (nSPS) is 18.0. The smallest absolute Gasteiger partial charge is 0.256 e. The van der Waals surface area contributed by atoms with Gasteiger partial charge in [-0.1, -0.05) is 12.1 Å². The molecule has 1 fully saturated rings. The van der Waals surface area contributed by atoms with Crippen molar-refractivity contribution in [2.75, 3.05) is 7.11 Å². The van der Waals surface area contributed by atoms with Gasteiger partial charge in [0.15, 0.2) is 0 Å². The average molecular weight is 447 g/mol. The fraction of sp³-hybridized carbons (Fsp3) is 0.481. The van der Waals surface area contributed by atoms with E-state index in [9.17, 15) is 4.79 Å². The molecule has 174 valence electrons. The minimum absolute atomic E-state index is 0.196. The molecule has 1 atom stereocenters. The van der Waals surface area contributed by atoms with E-state index in [4.69, 9.17) is 4.74 Å². The molecule has 0 spiro atoms. The summed E-state index contributed by atoms with van der Waals surface area (Å²) in [6.45, 7) is 4.91. The lowest BCUT2D eigenvalue weighted by atomic mass is 9.85. The molecule has 33 heavy (non-hydrogen) atoms. The average Bonchev–Trinajstić information content (AvgIpc) is 3.28. The van der Waals surface area contributed by atoms with Gasteiger partial charge < -0.3 is 14.2 Å². The van der Waals surface area contributed by atoms with Gasteiger partial charge in [-0.3, -0.25) is 9.48 Å². The van der Waals surface area contributed by atoms with E-state index in [0.29, 0.717) is 6.04 Å². The fourth-order valence-corrected chi connectivity index (χ4v) is 5.51. The van der Waals surface area contributed by atoms with E-state index in [2.05, 4.69) is 52.8 Å². The second kappa shape index (κ2) is 8.73. The lowest BCUT2D eigenvalue weighted by Crippen LogP contribution is -2.52. The Labute approximate surface area is 196 Å². The first-order chi connectivity index (χ1) is 15.9. The lowest BCUT2D eigenvalue weighted by molar-refractivity contribution is 0.0412. The third kappa shape index (κ3) is 4.07. The maximum absolute atomic E-state index is 14.0. The van der Waals surface area contributed by atoms with Crippen molar-refractivity contribution in [2.24, 2.45) is 7.05 Å². The summed E-state index contributed by atoms with van der Waals surface area (Å²) in [5.41, 5.74) is 6.68. The maximum atomic E-state index is 14.0. The monoisotopic (exact) mass is 446 g/mol. The van der Waals surface area contributed by atoms with Crippen LogP contribution in [-0.4, -0.2) is 44.3 Å². The summed E-state index contributed by atoms with van der Waals surface area (Å²) in [4.78, 5) is 16.2. The van der Waals surface area contributed by atoms with Crippen molar-refractivity contribution in [1.29, 1.82) is 0 Å². The molecule has 1 saturated carbocycles. The number of carbonyl (C=O) groups is 1. The molecule has 1 aromatic carbocycles. The lowest BCUT2D eigenvalue weighted by Gasteiger charge is -2.44. The van der Waals surface area contributed by atoms with E-state index < -0.39 is 0 Å². The molecule has 1 unspecified atom stereocenters. The second-order valence-corrected chi connectivity index (χ2v) is 9.69. The van der Waals surface area contributed by atoms with Crippen molar-refractivity contribution in [3.63, 3.8) is 0 Å². The molecule has 5 rings (SSSR count). The number of nitrogens with zero attached hydrogens (tertiary/aromatic N) is 4. The molecule has 6 heteroatoms. The summed E-state index contributed by atoms with van der Waals surface area (Å²) in [5.74, 6) is 1.05. The number of hydrogen-bond donors (Lipinski definition) is 0. The van der Waals surface area contributed by atoms with Crippen molar-refractivity contribution in [2.45, 2.75) is 71.0 Å². The topological polar surface area (TPSA) is 52.3 Å². The summed E-state index contributed by atoms with van der Waals surface area (Å²) in [6.07, 6.45) is 8.43. The Morgan fingerprint density at radius 1 is 1.18 bits per heavy atom. The number of fused-ring (bicyclic) bond motifs is 1. The number of aryl methyl sites for hydroxylation is 3. The molecule has 2 aliphatic rings. The van der Waals surface area contributed by atoms with E-state index >= 15 is 0 Å². The van der Waals surface area contributed by atoms with Gasteiger partial charge in [0.25, 0.3) is 5.91 Å². The molecule has 0 saturated heterocycles. The van der Waals surface area contributed by atoms with Crippen LogP contribution in [0.15, 0.2) is 36.5 Å². The fourth-order valence-electron chi connectivity index (χ4n) is 5.51. The van der Waals surface area contributed by atoms with Crippen LogP contribution in [0, 0.1) is 13.8 Å².